The lowest BCUT2D eigenvalue weighted by atomic mass is 10.2. The van der Waals surface area contributed by atoms with E-state index in [2.05, 4.69) is 10.3 Å². The minimum atomic E-state index is -0.655. The molecule has 1 aromatic heterocycles. The molecule has 1 aromatic carbocycles. The number of hydrogen-bond acceptors (Lipinski definition) is 6. The van der Waals surface area contributed by atoms with Crippen molar-refractivity contribution < 1.29 is 19.2 Å². The van der Waals surface area contributed by atoms with E-state index in [-0.39, 0.29) is 34.4 Å². The number of nitro benzene ring substituents is 1. The number of pyridine rings is 1. The van der Waals surface area contributed by atoms with Crippen LogP contribution in [0.5, 0.6) is 0 Å². The Balaban J connectivity index is 2.21. The smallest absolute Gasteiger partial charge is 0.356 e. The van der Waals surface area contributed by atoms with Gasteiger partial charge in [-0.2, -0.15) is 0 Å². The highest BCUT2D eigenvalue weighted by molar-refractivity contribution is 6.32. The van der Waals surface area contributed by atoms with Crippen molar-refractivity contribution in [3.05, 3.63) is 62.9 Å². The van der Waals surface area contributed by atoms with E-state index >= 15 is 0 Å². The second kappa shape index (κ2) is 7.51. The van der Waals surface area contributed by atoms with Crippen LogP contribution in [-0.2, 0) is 4.74 Å². The second-order valence-electron chi connectivity index (χ2n) is 4.51. The SMILES string of the molecule is CCOC(=O)c1cccc(C(=O)Nc2ccc(Cl)c([N+](=O)[O-])c2)n1. The summed E-state index contributed by atoms with van der Waals surface area (Å²) in [5.74, 6) is -1.27. The monoisotopic (exact) mass is 349 g/mol. The first-order chi connectivity index (χ1) is 11.4. The quantitative estimate of drug-likeness (QED) is 0.504. The molecular weight excluding hydrogens is 338 g/mol. The molecule has 1 heterocycles. The Morgan fingerprint density at radius 1 is 1.29 bits per heavy atom. The Morgan fingerprint density at radius 3 is 2.67 bits per heavy atom. The van der Waals surface area contributed by atoms with Gasteiger partial charge in [-0.15, -0.1) is 0 Å². The van der Waals surface area contributed by atoms with Crippen molar-refractivity contribution >= 4 is 34.9 Å². The van der Waals surface area contributed by atoms with Crippen LogP contribution in [0, 0.1) is 10.1 Å². The van der Waals surface area contributed by atoms with E-state index in [0.717, 1.165) is 6.07 Å². The largest absolute Gasteiger partial charge is 0.461 e. The van der Waals surface area contributed by atoms with E-state index in [4.69, 9.17) is 16.3 Å². The van der Waals surface area contributed by atoms with Gasteiger partial charge in [0.25, 0.3) is 11.6 Å². The van der Waals surface area contributed by atoms with Gasteiger partial charge in [-0.05, 0) is 31.2 Å². The number of ether oxygens (including phenoxy) is 1. The number of nitrogens with one attached hydrogen (secondary N) is 1. The molecule has 0 aliphatic rings. The van der Waals surface area contributed by atoms with E-state index in [0.29, 0.717) is 0 Å². The Morgan fingerprint density at radius 2 is 2.00 bits per heavy atom. The number of amides is 1. The van der Waals surface area contributed by atoms with Crippen LogP contribution in [0.15, 0.2) is 36.4 Å². The van der Waals surface area contributed by atoms with Crippen LogP contribution in [0.25, 0.3) is 0 Å². The third-order valence-corrected chi connectivity index (χ3v) is 3.19. The fraction of sp³-hybridized carbons (Fsp3) is 0.133. The number of nitrogens with zero attached hydrogens (tertiary/aromatic N) is 2. The number of benzene rings is 1. The lowest BCUT2D eigenvalue weighted by Crippen LogP contribution is -2.16. The average Bonchev–Trinajstić information content (AvgIpc) is 2.56. The second-order valence-corrected chi connectivity index (χ2v) is 4.91. The molecule has 0 bridgehead atoms. The van der Waals surface area contributed by atoms with E-state index in [1.54, 1.807) is 6.92 Å². The van der Waals surface area contributed by atoms with Gasteiger partial charge in [0.2, 0.25) is 0 Å². The van der Waals surface area contributed by atoms with Gasteiger partial charge in [0.05, 0.1) is 11.5 Å². The highest BCUT2D eigenvalue weighted by atomic mass is 35.5. The van der Waals surface area contributed by atoms with Crippen molar-refractivity contribution in [2.45, 2.75) is 6.92 Å². The first-order valence-corrected chi connectivity index (χ1v) is 7.19. The van der Waals surface area contributed by atoms with Crippen molar-refractivity contribution in [1.29, 1.82) is 0 Å². The molecule has 0 aliphatic heterocycles. The lowest BCUT2D eigenvalue weighted by Gasteiger charge is -2.06. The Hall–Kier alpha value is -3.00. The van der Waals surface area contributed by atoms with Gasteiger partial charge in [0.1, 0.15) is 16.4 Å². The molecule has 124 valence electrons. The molecule has 0 unspecified atom stereocenters. The molecule has 24 heavy (non-hydrogen) atoms. The highest BCUT2D eigenvalue weighted by Gasteiger charge is 2.16. The molecule has 0 saturated carbocycles. The summed E-state index contributed by atoms with van der Waals surface area (Å²) in [6, 6.07) is 8.17. The summed E-state index contributed by atoms with van der Waals surface area (Å²) in [6.07, 6.45) is 0. The van der Waals surface area contributed by atoms with Crippen LogP contribution in [0.1, 0.15) is 27.9 Å². The van der Waals surface area contributed by atoms with Crippen molar-refractivity contribution in [1.82, 2.24) is 4.98 Å². The number of aromatic nitrogens is 1. The normalized spacial score (nSPS) is 10.1. The van der Waals surface area contributed by atoms with Crippen molar-refractivity contribution in [3.8, 4) is 0 Å². The molecule has 0 spiro atoms. The minimum absolute atomic E-state index is 0.00779. The molecule has 2 aromatic rings. The van der Waals surface area contributed by atoms with Crippen LogP contribution < -0.4 is 5.32 Å². The van der Waals surface area contributed by atoms with Crippen LogP contribution in [0.4, 0.5) is 11.4 Å². The summed E-state index contributed by atoms with van der Waals surface area (Å²) in [5.41, 5.74) is -0.188. The molecule has 1 N–H and O–H groups in total. The number of carbonyl (C=O) groups is 2. The lowest BCUT2D eigenvalue weighted by molar-refractivity contribution is -0.384. The number of carbonyl (C=O) groups excluding carboxylic acids is 2. The van der Waals surface area contributed by atoms with Crippen LogP contribution in [0.2, 0.25) is 5.02 Å². The molecule has 0 radical (unpaired) electrons. The van der Waals surface area contributed by atoms with Gasteiger partial charge in [0.15, 0.2) is 0 Å². The molecule has 1 amide bonds. The maximum atomic E-state index is 12.2. The number of esters is 1. The van der Waals surface area contributed by atoms with Gasteiger partial charge in [0, 0.05) is 11.8 Å². The maximum absolute atomic E-state index is 12.2. The predicted molar refractivity (Wildman–Crippen MR) is 86.3 cm³/mol. The number of halogens is 1. The number of rotatable bonds is 5. The molecule has 0 aliphatic carbocycles. The third kappa shape index (κ3) is 4.05. The summed E-state index contributed by atoms with van der Waals surface area (Å²) in [7, 11) is 0. The Kier molecular flexibility index (Phi) is 5.43. The summed E-state index contributed by atoms with van der Waals surface area (Å²) >= 11 is 5.71. The molecule has 2 rings (SSSR count). The van der Waals surface area contributed by atoms with Gasteiger partial charge in [-0.3, -0.25) is 14.9 Å². The number of nitro groups is 1. The predicted octanol–water partition coefficient (Wildman–Crippen LogP) is 3.07. The fourth-order valence-corrected chi connectivity index (χ4v) is 1.99. The first kappa shape index (κ1) is 17.4. The minimum Gasteiger partial charge on any atom is -0.461 e. The van der Waals surface area contributed by atoms with E-state index in [1.807, 2.05) is 0 Å². The standard InChI is InChI=1S/C15H12ClN3O5/c1-2-24-15(21)12-5-3-4-11(18-12)14(20)17-9-6-7-10(16)13(8-9)19(22)23/h3-8H,2H2,1H3,(H,17,20). The van der Waals surface area contributed by atoms with Crippen LogP contribution in [-0.4, -0.2) is 28.4 Å². The topological polar surface area (TPSA) is 111 Å². The summed E-state index contributed by atoms with van der Waals surface area (Å²) in [6.45, 7) is 1.84. The van der Waals surface area contributed by atoms with Gasteiger partial charge in [-0.25, -0.2) is 9.78 Å². The zero-order valence-corrected chi connectivity index (χ0v) is 13.2. The van der Waals surface area contributed by atoms with Crippen molar-refractivity contribution in [2.75, 3.05) is 11.9 Å². The zero-order valence-electron chi connectivity index (χ0n) is 12.5. The molecule has 8 nitrogen and oxygen atoms in total. The maximum Gasteiger partial charge on any atom is 0.356 e. The summed E-state index contributed by atoms with van der Waals surface area (Å²) in [4.78, 5) is 37.9. The Bertz CT molecular complexity index is 809. The van der Waals surface area contributed by atoms with Gasteiger partial charge >= 0.3 is 5.97 Å². The zero-order chi connectivity index (χ0) is 17.7. The third-order valence-electron chi connectivity index (χ3n) is 2.87. The van der Waals surface area contributed by atoms with Gasteiger partial charge in [-0.1, -0.05) is 17.7 Å². The summed E-state index contributed by atoms with van der Waals surface area (Å²) < 4.78 is 4.81. The number of anilines is 1. The van der Waals surface area contributed by atoms with Crippen LogP contribution >= 0.6 is 11.6 Å². The fourth-order valence-electron chi connectivity index (χ4n) is 1.81. The molecule has 0 fully saturated rings. The first-order valence-electron chi connectivity index (χ1n) is 6.82. The molecule has 0 atom stereocenters. The highest BCUT2D eigenvalue weighted by Crippen LogP contribution is 2.27. The van der Waals surface area contributed by atoms with Crippen molar-refractivity contribution in [3.63, 3.8) is 0 Å². The number of hydrogen-bond donors (Lipinski definition) is 1. The molecule has 9 heteroatoms. The van der Waals surface area contributed by atoms with Crippen molar-refractivity contribution in [2.24, 2.45) is 0 Å². The van der Waals surface area contributed by atoms with E-state index in [9.17, 15) is 19.7 Å². The Labute approximate surface area is 141 Å². The van der Waals surface area contributed by atoms with Gasteiger partial charge < -0.3 is 10.1 Å². The average molecular weight is 350 g/mol. The summed E-state index contributed by atoms with van der Waals surface area (Å²) in [5, 5.41) is 13.3. The van der Waals surface area contributed by atoms with E-state index in [1.165, 1.54) is 30.3 Å². The molecular formula is C15H12ClN3O5. The van der Waals surface area contributed by atoms with Crippen LogP contribution in [0.3, 0.4) is 0 Å². The van der Waals surface area contributed by atoms with E-state index < -0.39 is 16.8 Å². The molecule has 0 saturated heterocycles.